The van der Waals surface area contributed by atoms with Gasteiger partial charge in [-0.05, 0) is 40.3 Å². The molecule has 0 aliphatic heterocycles. The van der Waals surface area contributed by atoms with E-state index in [4.69, 9.17) is 0 Å². The molecule has 0 heterocycles. The van der Waals surface area contributed by atoms with Crippen molar-refractivity contribution in [2.24, 2.45) is 0 Å². The van der Waals surface area contributed by atoms with Crippen molar-refractivity contribution in [1.29, 1.82) is 0 Å². The van der Waals surface area contributed by atoms with Gasteiger partial charge in [0.1, 0.15) is 11.3 Å². The summed E-state index contributed by atoms with van der Waals surface area (Å²) in [5, 5.41) is 20.9. The Balaban J connectivity index is 2.00. The number of aromatic carboxylic acids is 1. The number of rotatable bonds is 2. The predicted molar refractivity (Wildman–Crippen MR) is 100 cm³/mol. The highest BCUT2D eigenvalue weighted by molar-refractivity contribution is 6.15. The van der Waals surface area contributed by atoms with Gasteiger partial charge in [0, 0.05) is 10.9 Å². The quantitative estimate of drug-likeness (QED) is 0.717. The lowest BCUT2D eigenvalue weighted by molar-refractivity contribution is 0.0693. The number of phenols is 1. The Morgan fingerprint density at radius 3 is 2.27 bits per heavy atom. The summed E-state index contributed by atoms with van der Waals surface area (Å²) in [5.41, 5.74) is 2.74. The van der Waals surface area contributed by atoms with Crippen LogP contribution in [0.5, 0.6) is 5.75 Å². The first-order valence-electron chi connectivity index (χ1n) is 8.08. The molecule has 4 heteroatoms. The van der Waals surface area contributed by atoms with E-state index in [2.05, 4.69) is 0 Å². The van der Waals surface area contributed by atoms with Crippen LogP contribution in [0.1, 0.15) is 31.8 Å². The molecule has 0 saturated carbocycles. The largest absolute Gasteiger partial charge is 0.506 e. The molecule has 126 valence electrons. The van der Waals surface area contributed by atoms with Crippen LogP contribution in [0.15, 0.2) is 66.7 Å². The van der Waals surface area contributed by atoms with E-state index in [1.165, 1.54) is 12.1 Å². The van der Waals surface area contributed by atoms with Crippen LogP contribution >= 0.6 is 0 Å². The van der Waals surface area contributed by atoms with E-state index in [1.54, 1.807) is 24.3 Å². The van der Waals surface area contributed by atoms with Crippen molar-refractivity contribution in [3.05, 3.63) is 89.0 Å². The molecule has 4 rings (SSSR count). The Morgan fingerprint density at radius 1 is 0.885 bits per heavy atom. The van der Waals surface area contributed by atoms with Gasteiger partial charge >= 0.3 is 5.97 Å². The number of ketones is 1. The highest BCUT2D eigenvalue weighted by atomic mass is 16.4. The Morgan fingerprint density at radius 2 is 1.54 bits per heavy atom. The molecule has 0 unspecified atom stereocenters. The van der Waals surface area contributed by atoms with Gasteiger partial charge in [0.2, 0.25) is 0 Å². The van der Waals surface area contributed by atoms with Crippen LogP contribution in [-0.2, 0) is 0 Å². The Labute approximate surface area is 149 Å². The van der Waals surface area contributed by atoms with Gasteiger partial charge in [-0.3, -0.25) is 4.79 Å². The summed E-state index contributed by atoms with van der Waals surface area (Å²) in [7, 11) is 0. The SMILES string of the molecule is O=C1C=CC(=Cc2cc(C(=O)O)c(O)c3ccccc23)c2ccccc21. The summed E-state index contributed by atoms with van der Waals surface area (Å²) in [5.74, 6) is -1.49. The van der Waals surface area contributed by atoms with Crippen LogP contribution in [0.4, 0.5) is 0 Å². The summed E-state index contributed by atoms with van der Waals surface area (Å²) < 4.78 is 0. The molecular weight excluding hydrogens is 328 g/mol. The summed E-state index contributed by atoms with van der Waals surface area (Å²) in [4.78, 5) is 23.6. The minimum atomic E-state index is -1.19. The van der Waals surface area contributed by atoms with E-state index in [0.717, 1.165) is 16.5 Å². The van der Waals surface area contributed by atoms with Gasteiger partial charge in [-0.1, -0.05) is 54.6 Å². The van der Waals surface area contributed by atoms with Crippen molar-refractivity contribution in [2.45, 2.75) is 0 Å². The van der Waals surface area contributed by atoms with Crippen molar-refractivity contribution in [2.75, 3.05) is 0 Å². The number of hydrogen-bond donors (Lipinski definition) is 2. The summed E-state index contributed by atoms with van der Waals surface area (Å²) in [6.45, 7) is 0. The first-order chi connectivity index (χ1) is 12.6. The molecule has 2 N–H and O–H groups in total. The maximum absolute atomic E-state index is 12.1. The molecule has 26 heavy (non-hydrogen) atoms. The van der Waals surface area contributed by atoms with Gasteiger partial charge in [-0.25, -0.2) is 4.79 Å². The van der Waals surface area contributed by atoms with E-state index in [9.17, 15) is 19.8 Å². The lowest BCUT2D eigenvalue weighted by atomic mass is 9.89. The number of carbonyl (C=O) groups excluding carboxylic acids is 1. The number of carbonyl (C=O) groups is 2. The number of allylic oxidation sites excluding steroid dienone is 3. The molecule has 1 aliphatic carbocycles. The highest BCUT2D eigenvalue weighted by Gasteiger charge is 2.18. The fraction of sp³-hybridized carbons (Fsp3) is 0. The molecule has 0 radical (unpaired) electrons. The maximum atomic E-state index is 12.1. The summed E-state index contributed by atoms with van der Waals surface area (Å²) >= 11 is 0. The van der Waals surface area contributed by atoms with Gasteiger partial charge in [-0.15, -0.1) is 0 Å². The van der Waals surface area contributed by atoms with E-state index in [0.29, 0.717) is 16.5 Å². The fourth-order valence-corrected chi connectivity index (χ4v) is 3.26. The average Bonchev–Trinajstić information content (AvgIpc) is 2.66. The average molecular weight is 342 g/mol. The minimum Gasteiger partial charge on any atom is -0.506 e. The van der Waals surface area contributed by atoms with E-state index in [1.807, 2.05) is 36.4 Å². The molecule has 3 aromatic carbocycles. The second-order valence-electron chi connectivity index (χ2n) is 6.06. The van der Waals surface area contributed by atoms with Crippen LogP contribution in [0.25, 0.3) is 22.4 Å². The molecule has 0 atom stereocenters. The number of carboxylic acid groups (broad SMARTS) is 1. The van der Waals surface area contributed by atoms with Gasteiger partial charge in [0.25, 0.3) is 0 Å². The summed E-state index contributed by atoms with van der Waals surface area (Å²) in [6, 6.07) is 15.9. The smallest absolute Gasteiger partial charge is 0.339 e. The van der Waals surface area contributed by atoms with Crippen molar-refractivity contribution < 1.29 is 19.8 Å². The van der Waals surface area contributed by atoms with Crippen molar-refractivity contribution in [3.63, 3.8) is 0 Å². The van der Waals surface area contributed by atoms with Crippen LogP contribution in [-0.4, -0.2) is 22.0 Å². The molecule has 0 aromatic heterocycles. The van der Waals surface area contributed by atoms with Crippen molar-refractivity contribution in [1.82, 2.24) is 0 Å². The molecule has 0 fully saturated rings. The second-order valence-corrected chi connectivity index (χ2v) is 6.06. The highest BCUT2D eigenvalue weighted by Crippen LogP contribution is 2.35. The van der Waals surface area contributed by atoms with Gasteiger partial charge in [-0.2, -0.15) is 0 Å². The first kappa shape index (κ1) is 15.8. The zero-order valence-corrected chi connectivity index (χ0v) is 13.6. The number of benzene rings is 3. The van der Waals surface area contributed by atoms with Gasteiger partial charge in [0.15, 0.2) is 5.78 Å². The third-order valence-electron chi connectivity index (χ3n) is 4.51. The van der Waals surface area contributed by atoms with Gasteiger partial charge < -0.3 is 10.2 Å². The Kier molecular flexibility index (Phi) is 3.66. The predicted octanol–water partition coefficient (Wildman–Crippen LogP) is 4.54. The van der Waals surface area contributed by atoms with Crippen LogP contribution in [0.3, 0.4) is 0 Å². The molecule has 0 saturated heterocycles. The number of hydrogen-bond acceptors (Lipinski definition) is 3. The first-order valence-corrected chi connectivity index (χ1v) is 8.08. The maximum Gasteiger partial charge on any atom is 0.339 e. The van der Waals surface area contributed by atoms with E-state index in [-0.39, 0.29) is 17.1 Å². The van der Waals surface area contributed by atoms with E-state index >= 15 is 0 Å². The molecule has 1 aliphatic rings. The van der Waals surface area contributed by atoms with E-state index < -0.39 is 5.97 Å². The normalized spacial score (nSPS) is 14.6. The Bertz CT molecular complexity index is 1140. The van der Waals surface area contributed by atoms with Gasteiger partial charge in [0.05, 0.1) is 0 Å². The third-order valence-corrected chi connectivity index (χ3v) is 4.51. The lowest BCUT2D eigenvalue weighted by Gasteiger charge is -2.14. The number of aromatic hydroxyl groups is 1. The molecule has 0 bridgehead atoms. The molecule has 0 spiro atoms. The number of carboxylic acids is 1. The van der Waals surface area contributed by atoms with Crippen molar-refractivity contribution >= 4 is 34.2 Å². The zero-order chi connectivity index (χ0) is 18.3. The second kappa shape index (κ2) is 6.01. The van der Waals surface area contributed by atoms with Crippen molar-refractivity contribution in [3.8, 4) is 5.75 Å². The Hall–Kier alpha value is -3.66. The van der Waals surface area contributed by atoms with Crippen LogP contribution in [0, 0.1) is 0 Å². The standard InChI is InChI=1S/C22H14O4/c23-20-10-9-13(15-5-1-3-7-17(15)20)11-14-12-19(22(25)26)21(24)18-8-4-2-6-16(14)18/h1-12,24H,(H,25,26). The fourth-order valence-electron chi connectivity index (χ4n) is 3.26. The molecule has 3 aromatic rings. The number of fused-ring (bicyclic) bond motifs is 2. The molecule has 0 amide bonds. The third kappa shape index (κ3) is 2.48. The summed E-state index contributed by atoms with van der Waals surface area (Å²) in [6.07, 6.45) is 5.08. The van der Waals surface area contributed by atoms with Crippen LogP contribution < -0.4 is 0 Å². The van der Waals surface area contributed by atoms with Crippen LogP contribution in [0.2, 0.25) is 0 Å². The monoisotopic (exact) mass is 342 g/mol. The zero-order valence-electron chi connectivity index (χ0n) is 13.6. The minimum absolute atomic E-state index is 0.0560. The lowest BCUT2D eigenvalue weighted by Crippen LogP contribution is -2.04. The molecular formula is C22H14O4. The topological polar surface area (TPSA) is 74.6 Å². The molecule has 4 nitrogen and oxygen atoms in total.